The van der Waals surface area contributed by atoms with Crippen LogP contribution in [0.2, 0.25) is 5.02 Å². The molecule has 1 aliphatic rings. The van der Waals surface area contributed by atoms with Crippen LogP contribution in [0.15, 0.2) is 46.9 Å². The maximum atomic E-state index is 14.0. The predicted molar refractivity (Wildman–Crippen MR) is 95.3 cm³/mol. The first-order valence-electron chi connectivity index (χ1n) is 7.30. The zero-order valence-electron chi connectivity index (χ0n) is 12.6. The van der Waals surface area contributed by atoms with Gasteiger partial charge in [0.25, 0.3) is 10.2 Å². The van der Waals surface area contributed by atoms with Gasteiger partial charge in [-0.05, 0) is 23.8 Å². The van der Waals surface area contributed by atoms with E-state index < -0.39 is 16.0 Å². The van der Waals surface area contributed by atoms with Gasteiger partial charge in [-0.1, -0.05) is 51.8 Å². The molecule has 0 unspecified atom stereocenters. The first-order chi connectivity index (χ1) is 11.4. The Morgan fingerprint density at radius 2 is 1.67 bits per heavy atom. The smallest absolute Gasteiger partial charge is 0.207 e. The number of benzene rings is 2. The predicted octanol–water partition coefficient (Wildman–Crippen LogP) is 3.80. The second kappa shape index (κ2) is 7.09. The standard InChI is InChI=1S/C16H15BrClFN2O2S/c17-14-6-5-13(16(19)9-14)11-21-8-7-20(24(21,22)23)10-12-3-1-2-4-15(12)18/h1-6,9H,7-8,10-11H2. The van der Waals surface area contributed by atoms with Crippen molar-refractivity contribution < 1.29 is 12.8 Å². The van der Waals surface area contributed by atoms with Crippen molar-refractivity contribution in [3.63, 3.8) is 0 Å². The largest absolute Gasteiger partial charge is 0.282 e. The Labute approximate surface area is 154 Å². The maximum Gasteiger partial charge on any atom is 0.282 e. The van der Waals surface area contributed by atoms with Crippen LogP contribution in [0.4, 0.5) is 4.39 Å². The molecule has 1 fully saturated rings. The number of nitrogens with zero attached hydrogens (tertiary/aromatic N) is 2. The first kappa shape index (κ1) is 17.8. The molecule has 0 radical (unpaired) electrons. The normalized spacial score (nSPS) is 18.1. The van der Waals surface area contributed by atoms with Gasteiger partial charge in [0.15, 0.2) is 0 Å². The summed E-state index contributed by atoms with van der Waals surface area (Å²) in [5, 5.41) is 0.533. The summed E-state index contributed by atoms with van der Waals surface area (Å²) in [6.07, 6.45) is 0. The molecule has 1 aliphatic heterocycles. The molecule has 24 heavy (non-hydrogen) atoms. The van der Waals surface area contributed by atoms with Crippen LogP contribution in [0.5, 0.6) is 0 Å². The van der Waals surface area contributed by atoms with Crippen molar-refractivity contribution in [1.29, 1.82) is 0 Å². The van der Waals surface area contributed by atoms with Gasteiger partial charge in [0.05, 0.1) is 0 Å². The molecule has 2 aromatic carbocycles. The van der Waals surface area contributed by atoms with Crippen LogP contribution in [0.25, 0.3) is 0 Å². The third-order valence-electron chi connectivity index (χ3n) is 3.92. The number of halogens is 3. The second-order valence-electron chi connectivity index (χ2n) is 5.50. The quantitative estimate of drug-likeness (QED) is 0.736. The Kier molecular flexibility index (Phi) is 5.27. The van der Waals surface area contributed by atoms with Gasteiger partial charge in [0.1, 0.15) is 5.82 Å². The van der Waals surface area contributed by atoms with Gasteiger partial charge in [-0.15, -0.1) is 0 Å². The van der Waals surface area contributed by atoms with Gasteiger partial charge in [0.2, 0.25) is 0 Å². The van der Waals surface area contributed by atoms with E-state index >= 15 is 0 Å². The summed E-state index contributed by atoms with van der Waals surface area (Å²) in [5.74, 6) is -0.427. The van der Waals surface area contributed by atoms with Crippen molar-refractivity contribution in [2.24, 2.45) is 0 Å². The Hall–Kier alpha value is -0.990. The van der Waals surface area contributed by atoms with Crippen molar-refractivity contribution in [1.82, 2.24) is 8.61 Å². The summed E-state index contributed by atoms with van der Waals surface area (Å²) >= 11 is 9.30. The van der Waals surface area contributed by atoms with E-state index in [0.29, 0.717) is 28.1 Å². The molecule has 0 bridgehead atoms. The molecule has 0 aromatic heterocycles. The molecular formula is C16H15BrClFN2O2S. The van der Waals surface area contributed by atoms with Crippen molar-refractivity contribution in [3.05, 3.63) is 68.9 Å². The van der Waals surface area contributed by atoms with Crippen molar-refractivity contribution >= 4 is 37.7 Å². The van der Waals surface area contributed by atoms with Crippen LogP contribution in [-0.2, 0) is 23.3 Å². The van der Waals surface area contributed by atoms with Gasteiger partial charge >= 0.3 is 0 Å². The molecule has 0 aliphatic carbocycles. The highest BCUT2D eigenvalue weighted by Gasteiger charge is 2.36. The van der Waals surface area contributed by atoms with Crippen LogP contribution >= 0.6 is 27.5 Å². The average Bonchev–Trinajstić information content (AvgIpc) is 2.79. The van der Waals surface area contributed by atoms with E-state index in [1.807, 2.05) is 6.07 Å². The zero-order valence-corrected chi connectivity index (χ0v) is 15.8. The van der Waals surface area contributed by atoms with Gasteiger partial charge in [-0.3, -0.25) is 0 Å². The van der Waals surface area contributed by atoms with E-state index in [4.69, 9.17) is 11.6 Å². The Morgan fingerprint density at radius 3 is 2.29 bits per heavy atom. The fourth-order valence-electron chi connectivity index (χ4n) is 2.59. The summed E-state index contributed by atoms with van der Waals surface area (Å²) in [7, 11) is -3.64. The lowest BCUT2D eigenvalue weighted by Crippen LogP contribution is -2.32. The molecular weight excluding hydrogens is 419 g/mol. The summed E-state index contributed by atoms with van der Waals surface area (Å²) in [6.45, 7) is 0.899. The molecule has 0 amide bonds. The van der Waals surface area contributed by atoms with Crippen LogP contribution in [-0.4, -0.2) is 30.1 Å². The maximum absolute atomic E-state index is 14.0. The SMILES string of the molecule is O=S1(=O)N(Cc2ccc(Br)cc2F)CCN1Cc1ccccc1Cl. The van der Waals surface area contributed by atoms with Crippen LogP contribution in [0.1, 0.15) is 11.1 Å². The first-order valence-corrected chi connectivity index (χ1v) is 9.87. The van der Waals surface area contributed by atoms with Gasteiger partial charge in [0, 0.05) is 41.2 Å². The lowest BCUT2D eigenvalue weighted by atomic mass is 10.2. The van der Waals surface area contributed by atoms with E-state index in [-0.39, 0.29) is 13.1 Å². The minimum absolute atomic E-state index is 0.0144. The summed E-state index contributed by atoms with van der Waals surface area (Å²) in [5.41, 5.74) is 1.10. The minimum atomic E-state index is -3.64. The van der Waals surface area contributed by atoms with E-state index in [1.165, 1.54) is 14.7 Å². The zero-order chi connectivity index (χ0) is 17.3. The summed E-state index contributed by atoms with van der Waals surface area (Å²) in [6, 6.07) is 11.8. The molecule has 3 rings (SSSR count). The third kappa shape index (κ3) is 3.65. The molecule has 2 aromatic rings. The molecule has 0 spiro atoms. The lowest BCUT2D eigenvalue weighted by Gasteiger charge is -2.19. The second-order valence-corrected chi connectivity index (χ2v) is 8.75. The van der Waals surface area contributed by atoms with Gasteiger partial charge in [-0.25, -0.2) is 4.39 Å². The number of rotatable bonds is 4. The molecule has 128 valence electrons. The van der Waals surface area contributed by atoms with Crippen molar-refractivity contribution in [3.8, 4) is 0 Å². The molecule has 0 saturated carbocycles. The topological polar surface area (TPSA) is 40.6 Å². The van der Waals surface area contributed by atoms with E-state index in [0.717, 1.165) is 5.56 Å². The summed E-state index contributed by atoms with van der Waals surface area (Å²) < 4.78 is 42.6. The molecule has 8 heteroatoms. The Balaban J connectivity index is 1.77. The molecule has 0 N–H and O–H groups in total. The highest BCUT2D eigenvalue weighted by Crippen LogP contribution is 2.26. The van der Waals surface area contributed by atoms with E-state index in [9.17, 15) is 12.8 Å². The lowest BCUT2D eigenvalue weighted by molar-refractivity contribution is 0.432. The van der Waals surface area contributed by atoms with Crippen LogP contribution in [0.3, 0.4) is 0 Å². The van der Waals surface area contributed by atoms with Crippen LogP contribution < -0.4 is 0 Å². The average molecular weight is 434 g/mol. The van der Waals surface area contributed by atoms with E-state index in [2.05, 4.69) is 15.9 Å². The monoisotopic (exact) mass is 432 g/mol. The number of hydrogen-bond acceptors (Lipinski definition) is 2. The molecule has 0 atom stereocenters. The Bertz CT molecular complexity index is 863. The highest BCUT2D eigenvalue weighted by molar-refractivity contribution is 9.10. The van der Waals surface area contributed by atoms with Crippen molar-refractivity contribution in [2.75, 3.05) is 13.1 Å². The van der Waals surface area contributed by atoms with Crippen molar-refractivity contribution in [2.45, 2.75) is 13.1 Å². The minimum Gasteiger partial charge on any atom is -0.207 e. The molecule has 1 heterocycles. The molecule has 1 saturated heterocycles. The van der Waals surface area contributed by atoms with Gasteiger partial charge in [-0.2, -0.15) is 17.0 Å². The highest BCUT2D eigenvalue weighted by atomic mass is 79.9. The number of hydrogen-bond donors (Lipinski definition) is 0. The fourth-order valence-corrected chi connectivity index (χ4v) is 4.68. The fraction of sp³-hybridized carbons (Fsp3) is 0.250. The third-order valence-corrected chi connectivity index (χ3v) is 6.71. The molecule has 4 nitrogen and oxygen atoms in total. The Morgan fingerprint density at radius 1 is 1.04 bits per heavy atom. The van der Waals surface area contributed by atoms with Crippen LogP contribution in [0, 0.1) is 5.82 Å². The van der Waals surface area contributed by atoms with E-state index in [1.54, 1.807) is 30.3 Å². The summed E-state index contributed by atoms with van der Waals surface area (Å²) in [4.78, 5) is 0. The van der Waals surface area contributed by atoms with Gasteiger partial charge < -0.3 is 0 Å².